The average molecular weight is 302 g/mol. The van der Waals surface area contributed by atoms with Gasteiger partial charge in [0.1, 0.15) is 5.82 Å². The molecule has 114 valence electrons. The molecule has 0 aliphatic carbocycles. The number of nitro groups is 1. The highest BCUT2D eigenvalue weighted by atomic mass is 19.1. The van der Waals surface area contributed by atoms with Gasteiger partial charge in [0.25, 0.3) is 5.91 Å². The molecule has 2 rings (SSSR count). The number of aliphatic hydroxyl groups excluding tert-OH is 1. The van der Waals surface area contributed by atoms with Gasteiger partial charge in [0, 0.05) is 6.54 Å². The van der Waals surface area contributed by atoms with Crippen LogP contribution < -0.4 is 0 Å². The van der Waals surface area contributed by atoms with Crippen LogP contribution in [0.15, 0.2) is 12.1 Å². The van der Waals surface area contributed by atoms with Gasteiger partial charge in [-0.3, -0.25) is 14.9 Å². The number of nitrogens with zero attached hydrogens (tertiary/aromatic N) is 2. The van der Waals surface area contributed by atoms with Crippen molar-refractivity contribution < 1.29 is 28.3 Å². The first-order chi connectivity index (χ1) is 9.95. The van der Waals surface area contributed by atoms with E-state index in [1.165, 1.54) is 0 Å². The number of rotatable bonds is 3. The normalized spacial score (nSPS) is 18.6. The Hall–Kier alpha value is -2.13. The second-order valence-corrected chi connectivity index (χ2v) is 4.45. The summed E-state index contributed by atoms with van der Waals surface area (Å²) in [5.74, 6) is -3.40. The van der Waals surface area contributed by atoms with Gasteiger partial charge in [0.2, 0.25) is 5.82 Å². The Labute approximate surface area is 117 Å². The van der Waals surface area contributed by atoms with Crippen LogP contribution >= 0.6 is 0 Å². The van der Waals surface area contributed by atoms with E-state index in [2.05, 4.69) is 0 Å². The Bertz CT molecular complexity index is 581. The van der Waals surface area contributed by atoms with Crippen LogP contribution in [-0.2, 0) is 4.74 Å². The number of nitro benzene ring substituents is 1. The first-order valence-electron chi connectivity index (χ1n) is 6.08. The van der Waals surface area contributed by atoms with Gasteiger partial charge in [-0.15, -0.1) is 0 Å². The monoisotopic (exact) mass is 302 g/mol. The van der Waals surface area contributed by atoms with E-state index < -0.39 is 46.4 Å². The molecule has 0 saturated carbocycles. The minimum absolute atomic E-state index is 0.0568. The van der Waals surface area contributed by atoms with Crippen molar-refractivity contribution >= 4 is 11.6 Å². The third kappa shape index (κ3) is 2.98. The Morgan fingerprint density at radius 2 is 2.24 bits per heavy atom. The summed E-state index contributed by atoms with van der Waals surface area (Å²) < 4.78 is 32.4. The molecule has 0 bridgehead atoms. The van der Waals surface area contributed by atoms with Crippen molar-refractivity contribution in [2.45, 2.75) is 6.04 Å². The van der Waals surface area contributed by atoms with E-state index in [-0.39, 0.29) is 19.8 Å². The lowest BCUT2D eigenvalue weighted by atomic mass is 10.1. The summed E-state index contributed by atoms with van der Waals surface area (Å²) in [6.45, 7) is -0.0961. The molecule has 1 saturated heterocycles. The average Bonchev–Trinajstić information content (AvgIpc) is 2.48. The molecule has 0 aromatic heterocycles. The van der Waals surface area contributed by atoms with E-state index in [0.717, 1.165) is 4.90 Å². The topological polar surface area (TPSA) is 92.9 Å². The summed E-state index contributed by atoms with van der Waals surface area (Å²) in [6.07, 6.45) is 0. The summed E-state index contributed by atoms with van der Waals surface area (Å²) in [5.41, 5.74) is -1.84. The zero-order valence-electron chi connectivity index (χ0n) is 10.8. The lowest BCUT2D eigenvalue weighted by Crippen LogP contribution is -2.50. The largest absolute Gasteiger partial charge is 0.394 e. The predicted molar refractivity (Wildman–Crippen MR) is 65.7 cm³/mol. The number of amides is 1. The van der Waals surface area contributed by atoms with Gasteiger partial charge < -0.3 is 14.7 Å². The number of aliphatic hydroxyl groups is 1. The molecule has 0 radical (unpaired) electrons. The molecule has 1 aromatic rings. The Balaban J connectivity index is 2.41. The quantitative estimate of drug-likeness (QED) is 0.655. The van der Waals surface area contributed by atoms with Crippen molar-refractivity contribution in [3.8, 4) is 0 Å². The van der Waals surface area contributed by atoms with Crippen LogP contribution in [0.3, 0.4) is 0 Å². The number of morpholine rings is 1. The fourth-order valence-electron chi connectivity index (χ4n) is 2.09. The zero-order valence-corrected chi connectivity index (χ0v) is 10.8. The predicted octanol–water partition coefficient (Wildman–Crippen LogP) is 0.706. The SMILES string of the molecule is O=C(c1cc(F)cc([N+](=O)[O-])c1F)N1CCOCC1CO. The van der Waals surface area contributed by atoms with Crippen LogP contribution in [0.2, 0.25) is 0 Å². The molecule has 21 heavy (non-hydrogen) atoms. The van der Waals surface area contributed by atoms with Crippen molar-refractivity contribution in [2.75, 3.05) is 26.4 Å². The molecule has 1 aliphatic heterocycles. The van der Waals surface area contributed by atoms with Crippen molar-refractivity contribution in [3.05, 3.63) is 39.4 Å². The Morgan fingerprint density at radius 1 is 1.52 bits per heavy atom. The van der Waals surface area contributed by atoms with E-state index in [9.17, 15) is 28.8 Å². The van der Waals surface area contributed by atoms with Crippen LogP contribution in [0.5, 0.6) is 0 Å². The second-order valence-electron chi connectivity index (χ2n) is 4.45. The standard InChI is InChI=1S/C12H12F2N2O5/c13-7-3-9(11(14)10(4-7)16(19)20)12(18)15-1-2-21-6-8(15)5-17/h3-4,8,17H,1-2,5-6H2. The first kappa shape index (κ1) is 15.3. The molecule has 1 aromatic carbocycles. The lowest BCUT2D eigenvalue weighted by molar-refractivity contribution is -0.387. The number of ether oxygens (including phenoxy) is 1. The summed E-state index contributed by atoms with van der Waals surface area (Å²) in [4.78, 5) is 22.9. The number of carbonyl (C=O) groups excluding carboxylic acids is 1. The van der Waals surface area contributed by atoms with Crippen molar-refractivity contribution in [2.24, 2.45) is 0 Å². The highest BCUT2D eigenvalue weighted by Crippen LogP contribution is 2.24. The van der Waals surface area contributed by atoms with Gasteiger partial charge in [-0.25, -0.2) is 4.39 Å². The zero-order chi connectivity index (χ0) is 15.6. The number of hydrogen-bond donors (Lipinski definition) is 1. The van der Waals surface area contributed by atoms with Gasteiger partial charge >= 0.3 is 5.69 Å². The molecular formula is C12H12F2N2O5. The molecule has 7 nitrogen and oxygen atoms in total. The molecule has 0 spiro atoms. The van der Waals surface area contributed by atoms with Crippen molar-refractivity contribution in [1.82, 2.24) is 4.90 Å². The van der Waals surface area contributed by atoms with Crippen LogP contribution in [0.25, 0.3) is 0 Å². The molecule has 1 amide bonds. The summed E-state index contributed by atoms with van der Waals surface area (Å²) >= 11 is 0. The number of halogens is 2. The minimum atomic E-state index is -1.39. The molecule has 9 heteroatoms. The lowest BCUT2D eigenvalue weighted by Gasteiger charge is -2.34. The van der Waals surface area contributed by atoms with E-state index in [1.54, 1.807) is 0 Å². The highest BCUT2D eigenvalue weighted by molar-refractivity contribution is 5.95. The fraction of sp³-hybridized carbons (Fsp3) is 0.417. The third-order valence-electron chi connectivity index (χ3n) is 3.14. The van der Waals surface area contributed by atoms with Gasteiger partial charge in [0.15, 0.2) is 0 Å². The number of benzene rings is 1. The summed E-state index contributed by atoms with van der Waals surface area (Å²) in [7, 11) is 0. The van der Waals surface area contributed by atoms with E-state index in [1.807, 2.05) is 0 Å². The maximum atomic E-state index is 14.0. The molecule has 1 unspecified atom stereocenters. The second kappa shape index (κ2) is 6.10. The van der Waals surface area contributed by atoms with E-state index in [0.29, 0.717) is 12.1 Å². The van der Waals surface area contributed by atoms with Gasteiger partial charge in [0.05, 0.1) is 42.4 Å². The molecular weight excluding hydrogens is 290 g/mol. The molecule has 1 fully saturated rings. The smallest absolute Gasteiger partial charge is 0.308 e. The van der Waals surface area contributed by atoms with Crippen LogP contribution in [0.4, 0.5) is 14.5 Å². The van der Waals surface area contributed by atoms with E-state index >= 15 is 0 Å². The molecule has 1 aliphatic rings. The van der Waals surface area contributed by atoms with Crippen LogP contribution in [0, 0.1) is 21.7 Å². The molecule has 1 atom stereocenters. The number of carbonyl (C=O) groups is 1. The van der Waals surface area contributed by atoms with Gasteiger partial charge in [-0.2, -0.15) is 4.39 Å². The first-order valence-corrected chi connectivity index (χ1v) is 6.08. The van der Waals surface area contributed by atoms with Crippen LogP contribution in [0.1, 0.15) is 10.4 Å². The minimum Gasteiger partial charge on any atom is -0.394 e. The number of hydrogen-bond acceptors (Lipinski definition) is 5. The molecule has 1 heterocycles. The Morgan fingerprint density at radius 3 is 2.86 bits per heavy atom. The van der Waals surface area contributed by atoms with Crippen molar-refractivity contribution in [3.63, 3.8) is 0 Å². The Kier molecular flexibility index (Phi) is 4.43. The highest BCUT2D eigenvalue weighted by Gasteiger charge is 2.32. The summed E-state index contributed by atoms with van der Waals surface area (Å²) in [5, 5.41) is 19.8. The van der Waals surface area contributed by atoms with Crippen LogP contribution in [-0.4, -0.2) is 53.2 Å². The molecule has 1 N–H and O–H groups in total. The summed E-state index contributed by atoms with van der Waals surface area (Å²) in [6, 6.07) is 0.316. The van der Waals surface area contributed by atoms with Gasteiger partial charge in [-0.05, 0) is 6.07 Å². The van der Waals surface area contributed by atoms with E-state index in [4.69, 9.17) is 4.74 Å². The van der Waals surface area contributed by atoms with Crippen molar-refractivity contribution in [1.29, 1.82) is 0 Å². The fourth-order valence-corrected chi connectivity index (χ4v) is 2.09. The third-order valence-corrected chi connectivity index (χ3v) is 3.14. The van der Waals surface area contributed by atoms with Gasteiger partial charge in [-0.1, -0.05) is 0 Å². The maximum Gasteiger partial charge on any atom is 0.308 e. The maximum absolute atomic E-state index is 14.0.